The maximum atomic E-state index is 13.6. The van der Waals surface area contributed by atoms with Gasteiger partial charge in [0.1, 0.15) is 17.9 Å². The quantitative estimate of drug-likeness (QED) is 0.276. The lowest BCUT2D eigenvalue weighted by Gasteiger charge is -2.20. The van der Waals surface area contributed by atoms with Gasteiger partial charge in [-0.2, -0.15) is 0 Å². The van der Waals surface area contributed by atoms with Crippen molar-refractivity contribution in [1.82, 2.24) is 4.57 Å². The lowest BCUT2D eigenvalue weighted by molar-refractivity contribution is 0.175. The number of nitrogens with zero attached hydrogens (tertiary/aromatic N) is 2. The number of oxime groups is 1. The number of pyridine rings is 1. The molecule has 2 aromatic carbocycles. The molecule has 5 nitrogen and oxygen atoms in total. The number of para-hydroxylation sites is 1. The Hall–Kier alpha value is -3.60. The molecule has 0 aliphatic heterocycles. The zero-order chi connectivity index (χ0) is 20.8. The molecular weight excluding hydrogens is 364 g/mol. The van der Waals surface area contributed by atoms with E-state index in [9.17, 15) is 9.90 Å². The average molecular weight is 388 g/mol. The van der Waals surface area contributed by atoms with Gasteiger partial charge in [0.2, 0.25) is 0 Å². The van der Waals surface area contributed by atoms with Crippen molar-refractivity contribution in [3.05, 3.63) is 94.8 Å². The summed E-state index contributed by atoms with van der Waals surface area (Å²) in [5.41, 5.74) is 3.01. The van der Waals surface area contributed by atoms with Gasteiger partial charge in [-0.3, -0.25) is 9.36 Å². The predicted molar refractivity (Wildman–Crippen MR) is 117 cm³/mol. The van der Waals surface area contributed by atoms with Crippen LogP contribution in [0.15, 0.2) is 83.3 Å². The Morgan fingerprint density at radius 1 is 1.14 bits per heavy atom. The zero-order valence-electron chi connectivity index (χ0n) is 16.6. The summed E-state index contributed by atoms with van der Waals surface area (Å²) in [5.74, 6) is -0.0630. The predicted octanol–water partition coefficient (Wildman–Crippen LogP) is 4.70. The lowest BCUT2D eigenvalue weighted by Crippen LogP contribution is -2.28. The summed E-state index contributed by atoms with van der Waals surface area (Å²) in [5, 5.41) is 15.0. The van der Waals surface area contributed by atoms with Gasteiger partial charge >= 0.3 is 0 Å². The molecule has 1 heterocycles. The number of benzene rings is 2. The van der Waals surface area contributed by atoms with Crippen molar-refractivity contribution in [2.75, 3.05) is 6.61 Å². The molecule has 0 fully saturated rings. The Labute approximate surface area is 170 Å². The monoisotopic (exact) mass is 388 g/mol. The number of rotatable bonds is 7. The van der Waals surface area contributed by atoms with Crippen LogP contribution in [0.2, 0.25) is 0 Å². The summed E-state index contributed by atoms with van der Waals surface area (Å²) >= 11 is 0. The second kappa shape index (κ2) is 9.06. The van der Waals surface area contributed by atoms with Gasteiger partial charge in [-0.1, -0.05) is 73.3 Å². The zero-order valence-corrected chi connectivity index (χ0v) is 16.6. The third kappa shape index (κ3) is 3.99. The standard InChI is InChI=1S/C24H24N2O3/c1-4-16-29-25-17(3)21-23(27)20(5-2)22(18-12-8-6-9-13-18)26(24(21)28)19-14-10-7-11-15-19/h4,6-15,27H,1,5,16H2,2-3H3/b25-17-. The Kier molecular flexibility index (Phi) is 6.29. The first-order chi connectivity index (χ1) is 14.1. The minimum atomic E-state index is -0.354. The Balaban J connectivity index is 2.40. The van der Waals surface area contributed by atoms with Crippen LogP contribution in [-0.2, 0) is 11.3 Å². The molecule has 3 rings (SSSR count). The molecule has 5 heteroatoms. The highest BCUT2D eigenvalue weighted by molar-refractivity contribution is 6.01. The van der Waals surface area contributed by atoms with Crippen LogP contribution >= 0.6 is 0 Å². The average Bonchev–Trinajstić information content (AvgIpc) is 2.75. The van der Waals surface area contributed by atoms with Gasteiger partial charge < -0.3 is 9.94 Å². The fourth-order valence-electron chi connectivity index (χ4n) is 3.33. The molecule has 0 radical (unpaired) electrons. The highest BCUT2D eigenvalue weighted by Crippen LogP contribution is 2.33. The van der Waals surface area contributed by atoms with Crippen LogP contribution in [0.1, 0.15) is 25.0 Å². The lowest BCUT2D eigenvalue weighted by atomic mass is 9.98. The van der Waals surface area contributed by atoms with E-state index >= 15 is 0 Å². The highest BCUT2D eigenvalue weighted by Gasteiger charge is 2.24. The van der Waals surface area contributed by atoms with Crippen LogP contribution in [0.25, 0.3) is 16.9 Å². The number of hydrogen-bond acceptors (Lipinski definition) is 4. The third-order valence-electron chi connectivity index (χ3n) is 4.62. The molecular formula is C24H24N2O3. The van der Waals surface area contributed by atoms with Gasteiger partial charge in [-0.05, 0) is 31.0 Å². The Morgan fingerprint density at radius 3 is 2.34 bits per heavy atom. The molecule has 0 spiro atoms. The SMILES string of the molecule is C=CCO/N=C(/C)c1c(O)c(CC)c(-c2ccccc2)n(-c2ccccc2)c1=O. The fraction of sp³-hybridized carbons (Fsp3) is 0.167. The van der Waals surface area contributed by atoms with Crippen LogP contribution in [0.3, 0.4) is 0 Å². The van der Waals surface area contributed by atoms with Gasteiger partial charge in [-0.25, -0.2) is 0 Å². The van der Waals surface area contributed by atoms with E-state index in [0.29, 0.717) is 29.1 Å². The summed E-state index contributed by atoms with van der Waals surface area (Å²) in [6.45, 7) is 7.40. The van der Waals surface area contributed by atoms with E-state index in [1.54, 1.807) is 17.6 Å². The van der Waals surface area contributed by atoms with E-state index in [0.717, 1.165) is 5.56 Å². The van der Waals surface area contributed by atoms with Crippen molar-refractivity contribution >= 4 is 5.71 Å². The van der Waals surface area contributed by atoms with Crippen molar-refractivity contribution < 1.29 is 9.94 Å². The molecule has 0 atom stereocenters. The summed E-state index contributed by atoms with van der Waals surface area (Å²) < 4.78 is 1.63. The van der Waals surface area contributed by atoms with E-state index < -0.39 is 0 Å². The molecule has 3 aromatic rings. The van der Waals surface area contributed by atoms with Crippen molar-refractivity contribution in [2.24, 2.45) is 5.16 Å². The van der Waals surface area contributed by atoms with Gasteiger partial charge in [0.15, 0.2) is 0 Å². The first kappa shape index (κ1) is 20.1. The molecule has 29 heavy (non-hydrogen) atoms. The molecule has 0 saturated heterocycles. The smallest absolute Gasteiger partial charge is 0.268 e. The maximum Gasteiger partial charge on any atom is 0.268 e. The van der Waals surface area contributed by atoms with Crippen LogP contribution in [0.5, 0.6) is 5.75 Å². The molecule has 1 N–H and O–H groups in total. The first-order valence-electron chi connectivity index (χ1n) is 9.49. The number of aromatic hydroxyl groups is 1. The Bertz CT molecular complexity index is 1080. The third-order valence-corrected chi connectivity index (χ3v) is 4.62. The van der Waals surface area contributed by atoms with Gasteiger partial charge in [0, 0.05) is 11.3 Å². The molecule has 1 aromatic heterocycles. The van der Waals surface area contributed by atoms with Crippen LogP contribution in [0.4, 0.5) is 0 Å². The topological polar surface area (TPSA) is 63.8 Å². The fourth-order valence-corrected chi connectivity index (χ4v) is 3.33. The molecule has 0 saturated carbocycles. The maximum absolute atomic E-state index is 13.6. The largest absolute Gasteiger partial charge is 0.507 e. The molecule has 0 bridgehead atoms. The van der Waals surface area contributed by atoms with Crippen molar-refractivity contribution in [2.45, 2.75) is 20.3 Å². The first-order valence-corrected chi connectivity index (χ1v) is 9.49. The van der Waals surface area contributed by atoms with Gasteiger partial charge in [0.25, 0.3) is 5.56 Å². The number of hydrogen-bond donors (Lipinski definition) is 1. The second-order valence-corrected chi connectivity index (χ2v) is 6.51. The second-order valence-electron chi connectivity index (χ2n) is 6.51. The normalized spacial score (nSPS) is 11.3. The van der Waals surface area contributed by atoms with Crippen molar-refractivity contribution in [3.63, 3.8) is 0 Å². The summed E-state index contributed by atoms with van der Waals surface area (Å²) in [6.07, 6.45) is 2.10. The van der Waals surface area contributed by atoms with E-state index in [1.165, 1.54) is 0 Å². The molecule has 148 valence electrons. The van der Waals surface area contributed by atoms with E-state index in [4.69, 9.17) is 4.84 Å². The molecule has 0 unspecified atom stereocenters. The number of aromatic nitrogens is 1. The summed E-state index contributed by atoms with van der Waals surface area (Å²) in [6, 6.07) is 19.0. The molecule has 0 aliphatic rings. The van der Waals surface area contributed by atoms with Gasteiger partial charge in [0.05, 0.1) is 11.4 Å². The van der Waals surface area contributed by atoms with Crippen molar-refractivity contribution in [3.8, 4) is 22.7 Å². The van der Waals surface area contributed by atoms with E-state index in [-0.39, 0.29) is 23.5 Å². The van der Waals surface area contributed by atoms with Gasteiger partial charge in [-0.15, -0.1) is 0 Å². The Morgan fingerprint density at radius 2 is 1.76 bits per heavy atom. The summed E-state index contributed by atoms with van der Waals surface area (Å²) in [7, 11) is 0. The molecule has 0 aliphatic carbocycles. The minimum absolute atomic E-state index is 0.0630. The van der Waals surface area contributed by atoms with E-state index in [2.05, 4.69) is 11.7 Å². The van der Waals surface area contributed by atoms with Crippen molar-refractivity contribution in [1.29, 1.82) is 0 Å². The minimum Gasteiger partial charge on any atom is -0.507 e. The van der Waals surface area contributed by atoms with Crippen LogP contribution in [0, 0.1) is 0 Å². The van der Waals surface area contributed by atoms with Crippen LogP contribution in [-0.4, -0.2) is 22.0 Å². The molecule has 0 amide bonds. The van der Waals surface area contributed by atoms with E-state index in [1.807, 2.05) is 67.6 Å². The van der Waals surface area contributed by atoms with Crippen LogP contribution < -0.4 is 5.56 Å². The highest BCUT2D eigenvalue weighted by atomic mass is 16.6. The summed E-state index contributed by atoms with van der Waals surface area (Å²) in [4.78, 5) is 18.7.